The first-order valence-corrected chi connectivity index (χ1v) is 5.82. The smallest absolute Gasteiger partial charge is 0.0707 e. The number of nitrogens with zero attached hydrogens (tertiary/aromatic N) is 1. The Hall–Kier alpha value is -1.37. The van der Waals surface area contributed by atoms with E-state index in [1.807, 2.05) is 18.2 Å². The molecule has 0 bridgehead atoms. The molecular formula is C14H15N. The van der Waals surface area contributed by atoms with Gasteiger partial charge in [-0.2, -0.15) is 0 Å². The van der Waals surface area contributed by atoms with E-state index in [2.05, 4.69) is 12.1 Å². The van der Waals surface area contributed by atoms with Gasteiger partial charge in [0.05, 0.1) is 11.0 Å². The third kappa shape index (κ3) is 1.74. The molecule has 0 aliphatic heterocycles. The van der Waals surface area contributed by atoms with Crippen molar-refractivity contribution in [3.8, 4) is 0 Å². The van der Waals surface area contributed by atoms with E-state index < -0.39 is 0 Å². The van der Waals surface area contributed by atoms with E-state index in [1.54, 1.807) is 11.1 Å². The molecule has 1 aliphatic carbocycles. The van der Waals surface area contributed by atoms with Crippen LogP contribution in [0.25, 0.3) is 0 Å². The van der Waals surface area contributed by atoms with Gasteiger partial charge >= 0.3 is 0 Å². The average Bonchev–Trinajstić information content (AvgIpc) is 2.97. The van der Waals surface area contributed by atoms with Crippen LogP contribution >= 0.6 is 0 Å². The van der Waals surface area contributed by atoms with Gasteiger partial charge < -0.3 is 0 Å². The van der Waals surface area contributed by atoms with Crippen LogP contribution in [0, 0.1) is 0 Å². The van der Waals surface area contributed by atoms with Crippen LogP contribution in [-0.2, 0) is 12.8 Å². The van der Waals surface area contributed by atoms with Gasteiger partial charge in [0.15, 0.2) is 0 Å². The highest BCUT2D eigenvalue weighted by molar-refractivity contribution is 5.44. The Morgan fingerprint density at radius 3 is 2.13 bits per heavy atom. The van der Waals surface area contributed by atoms with Crippen molar-refractivity contribution in [2.45, 2.75) is 32.1 Å². The van der Waals surface area contributed by atoms with E-state index in [-0.39, 0.29) is 0 Å². The summed E-state index contributed by atoms with van der Waals surface area (Å²) in [6.45, 7) is 0. The summed E-state index contributed by atoms with van der Waals surface area (Å²) in [7, 11) is 0. The van der Waals surface area contributed by atoms with Crippen molar-refractivity contribution in [2.75, 3.05) is 0 Å². The maximum Gasteiger partial charge on any atom is 0.0707 e. The Kier molecular flexibility index (Phi) is 2.17. The number of fused-ring (bicyclic) bond motifs is 1. The van der Waals surface area contributed by atoms with Gasteiger partial charge in [-0.1, -0.05) is 24.6 Å². The van der Waals surface area contributed by atoms with Crippen molar-refractivity contribution < 1.29 is 0 Å². The zero-order valence-electron chi connectivity index (χ0n) is 8.87. The number of para-hydroxylation sites is 1. The van der Waals surface area contributed by atoms with Crippen LogP contribution in [0.3, 0.4) is 0 Å². The molecule has 0 saturated heterocycles. The van der Waals surface area contributed by atoms with Crippen LogP contribution in [0.4, 0.5) is 5.69 Å². The highest BCUT2D eigenvalue weighted by Crippen LogP contribution is 2.23. The van der Waals surface area contributed by atoms with Gasteiger partial charge in [0.2, 0.25) is 0 Å². The van der Waals surface area contributed by atoms with Crippen molar-refractivity contribution in [3.63, 3.8) is 0 Å². The summed E-state index contributed by atoms with van der Waals surface area (Å²) >= 11 is 0. The standard InChI is InChI=1S/C14H15N/c1-3-7-11(8-4-1)15-14-12-9-5-2-6-10-13(12)14/h1,3-4,7-8H,2,5-6,9-10H2. The Morgan fingerprint density at radius 2 is 1.47 bits per heavy atom. The summed E-state index contributed by atoms with van der Waals surface area (Å²) in [6, 6.07) is 10.3. The van der Waals surface area contributed by atoms with Crippen molar-refractivity contribution in [1.29, 1.82) is 0 Å². The van der Waals surface area contributed by atoms with Gasteiger partial charge in [0.25, 0.3) is 0 Å². The second kappa shape index (κ2) is 3.65. The molecule has 1 aliphatic rings. The first kappa shape index (κ1) is 8.90. The van der Waals surface area contributed by atoms with E-state index >= 15 is 0 Å². The van der Waals surface area contributed by atoms with Gasteiger partial charge in [-0.15, -0.1) is 0 Å². The van der Waals surface area contributed by atoms with Crippen LogP contribution in [0.15, 0.2) is 35.3 Å². The molecule has 1 nitrogen and oxygen atoms in total. The van der Waals surface area contributed by atoms with Crippen LogP contribution in [0.1, 0.15) is 30.4 Å². The number of rotatable bonds is 1. The molecule has 0 spiro atoms. The molecule has 2 aromatic carbocycles. The summed E-state index contributed by atoms with van der Waals surface area (Å²) in [5, 5.41) is 1.32. The molecule has 0 unspecified atom stereocenters. The molecule has 0 saturated carbocycles. The van der Waals surface area contributed by atoms with E-state index in [1.165, 1.54) is 37.5 Å². The highest BCUT2D eigenvalue weighted by atomic mass is 14.7. The predicted octanol–water partition coefficient (Wildman–Crippen LogP) is 3.06. The molecule has 0 N–H and O–H groups in total. The normalized spacial score (nSPS) is 16.0. The van der Waals surface area contributed by atoms with Gasteiger partial charge in [-0.25, -0.2) is 4.99 Å². The minimum absolute atomic E-state index is 1.10. The van der Waals surface area contributed by atoms with Crippen molar-refractivity contribution in [2.24, 2.45) is 4.99 Å². The molecule has 3 rings (SSSR count). The molecule has 1 heteroatoms. The quantitative estimate of drug-likeness (QED) is 0.623. The van der Waals surface area contributed by atoms with Crippen LogP contribution in [0.5, 0.6) is 0 Å². The average molecular weight is 197 g/mol. The summed E-state index contributed by atoms with van der Waals surface area (Å²) in [5.41, 5.74) is 4.23. The first-order valence-electron chi connectivity index (χ1n) is 5.82. The number of benzene rings is 1. The van der Waals surface area contributed by atoms with E-state index in [4.69, 9.17) is 4.99 Å². The Bertz CT molecular complexity index is 451. The topological polar surface area (TPSA) is 12.4 Å². The van der Waals surface area contributed by atoms with Crippen molar-refractivity contribution in [1.82, 2.24) is 0 Å². The minimum Gasteiger partial charge on any atom is -0.248 e. The van der Waals surface area contributed by atoms with Crippen LogP contribution in [-0.4, -0.2) is 0 Å². The predicted molar refractivity (Wildman–Crippen MR) is 61.7 cm³/mol. The Balaban J connectivity index is 1.91. The van der Waals surface area contributed by atoms with E-state index in [0.717, 1.165) is 5.69 Å². The molecule has 0 heterocycles. The third-order valence-corrected chi connectivity index (χ3v) is 3.22. The molecular weight excluding hydrogens is 182 g/mol. The second-order valence-electron chi connectivity index (χ2n) is 4.31. The van der Waals surface area contributed by atoms with Gasteiger partial charge in [0, 0.05) is 0 Å². The molecule has 0 amide bonds. The molecule has 0 atom stereocenters. The minimum atomic E-state index is 1.10. The zero-order chi connectivity index (χ0) is 10.1. The van der Waals surface area contributed by atoms with E-state index in [0.29, 0.717) is 0 Å². The van der Waals surface area contributed by atoms with Gasteiger partial charge in [0.1, 0.15) is 0 Å². The fourth-order valence-corrected chi connectivity index (χ4v) is 2.34. The van der Waals surface area contributed by atoms with Crippen molar-refractivity contribution in [3.05, 3.63) is 46.8 Å². The lowest BCUT2D eigenvalue weighted by molar-refractivity contribution is 0.703. The fraction of sp³-hybridized carbons (Fsp3) is 0.357. The molecule has 15 heavy (non-hydrogen) atoms. The lowest BCUT2D eigenvalue weighted by Gasteiger charge is -1.92. The Labute approximate surface area is 90.2 Å². The molecule has 76 valence electrons. The number of hydrogen-bond donors (Lipinski definition) is 0. The maximum atomic E-state index is 4.70. The van der Waals surface area contributed by atoms with Crippen LogP contribution in [0.2, 0.25) is 0 Å². The lowest BCUT2D eigenvalue weighted by Crippen LogP contribution is -1.91. The Morgan fingerprint density at radius 1 is 0.800 bits per heavy atom. The molecule has 0 radical (unpaired) electrons. The van der Waals surface area contributed by atoms with Gasteiger partial charge in [-0.3, -0.25) is 0 Å². The summed E-state index contributed by atoms with van der Waals surface area (Å²) in [6.07, 6.45) is 6.63. The monoisotopic (exact) mass is 197 g/mol. The summed E-state index contributed by atoms with van der Waals surface area (Å²) in [5.74, 6) is 0. The number of hydrogen-bond acceptors (Lipinski definition) is 1. The summed E-state index contributed by atoms with van der Waals surface area (Å²) < 4.78 is 0. The molecule has 0 fully saturated rings. The largest absolute Gasteiger partial charge is 0.248 e. The lowest BCUT2D eigenvalue weighted by atomic mass is 10.2. The first-order chi connectivity index (χ1) is 7.45. The third-order valence-electron chi connectivity index (χ3n) is 3.22. The maximum absolute atomic E-state index is 4.70. The van der Waals surface area contributed by atoms with Crippen molar-refractivity contribution >= 4 is 5.69 Å². The SMILES string of the molecule is c1ccc(N=c2c3c2CCCCC3)cc1. The molecule has 2 aromatic rings. The summed E-state index contributed by atoms with van der Waals surface area (Å²) in [4.78, 5) is 4.70. The highest BCUT2D eigenvalue weighted by Gasteiger charge is 2.20. The molecule has 0 aromatic heterocycles. The fourth-order valence-electron chi connectivity index (χ4n) is 2.34. The van der Waals surface area contributed by atoms with E-state index in [9.17, 15) is 0 Å². The zero-order valence-corrected chi connectivity index (χ0v) is 8.87. The van der Waals surface area contributed by atoms with Gasteiger partial charge in [-0.05, 0) is 48.9 Å². The second-order valence-corrected chi connectivity index (χ2v) is 4.31. The van der Waals surface area contributed by atoms with Crippen LogP contribution < -0.4 is 5.36 Å².